The molecule has 2 fully saturated rings. The lowest BCUT2D eigenvalue weighted by molar-refractivity contribution is 0.374. The van der Waals surface area contributed by atoms with Gasteiger partial charge in [-0.15, -0.1) is 5.10 Å². The predicted octanol–water partition coefficient (Wildman–Crippen LogP) is 3.69. The Balaban J connectivity index is 1.19. The summed E-state index contributed by atoms with van der Waals surface area (Å²) in [5.74, 6) is 3.02. The van der Waals surface area contributed by atoms with Gasteiger partial charge in [0.25, 0.3) is 0 Å². The molecule has 2 bridgehead atoms. The van der Waals surface area contributed by atoms with Crippen LogP contribution in [0.2, 0.25) is 0 Å². The molecule has 0 spiro atoms. The molecule has 2 aliphatic heterocycles. The number of methoxy groups -OCH3 is 1. The lowest BCUT2D eigenvalue weighted by atomic mass is 9.92. The van der Waals surface area contributed by atoms with Crippen LogP contribution in [-0.2, 0) is 6.54 Å². The second-order valence-electron chi connectivity index (χ2n) is 9.17. The third-order valence-corrected chi connectivity index (χ3v) is 7.21. The number of nitrogens with one attached hydrogen (secondary N) is 1. The molecule has 1 saturated heterocycles. The summed E-state index contributed by atoms with van der Waals surface area (Å²) in [5.41, 5.74) is 2.11. The van der Waals surface area contributed by atoms with Crippen LogP contribution in [0.5, 0.6) is 5.88 Å². The van der Waals surface area contributed by atoms with E-state index in [1.165, 1.54) is 30.7 Å². The van der Waals surface area contributed by atoms with Crippen molar-refractivity contribution >= 4 is 23.3 Å². The zero-order valence-electron chi connectivity index (χ0n) is 18.7. The molecule has 3 aromatic rings. The highest BCUT2D eigenvalue weighted by atomic mass is 19.1. The smallest absolute Gasteiger partial charge is 0.244 e. The van der Waals surface area contributed by atoms with Gasteiger partial charge in [0, 0.05) is 55.9 Å². The Hall–Kier alpha value is -3.36. The van der Waals surface area contributed by atoms with Crippen LogP contribution in [0.15, 0.2) is 42.6 Å². The maximum atomic E-state index is 13.4. The van der Waals surface area contributed by atoms with Gasteiger partial charge in [-0.05, 0) is 61.4 Å². The molecule has 3 atom stereocenters. The normalized spacial score (nSPS) is 24.0. The monoisotopic (exact) mass is 449 g/mol. The number of aryl methyl sites for hydroxylation is 1. The lowest BCUT2D eigenvalue weighted by Gasteiger charge is -2.39. The van der Waals surface area contributed by atoms with E-state index in [4.69, 9.17) is 14.8 Å². The van der Waals surface area contributed by atoms with Gasteiger partial charge in [0.1, 0.15) is 5.82 Å². The molecule has 8 nitrogen and oxygen atoms in total. The molecule has 4 heterocycles. The van der Waals surface area contributed by atoms with Crippen molar-refractivity contribution in [2.45, 2.75) is 31.8 Å². The van der Waals surface area contributed by atoms with Crippen LogP contribution in [0.3, 0.4) is 0 Å². The van der Waals surface area contributed by atoms with Crippen molar-refractivity contribution in [3.8, 4) is 5.88 Å². The van der Waals surface area contributed by atoms with Crippen LogP contribution in [0, 0.1) is 17.7 Å². The van der Waals surface area contributed by atoms with Crippen molar-refractivity contribution in [2.75, 3.05) is 41.9 Å². The van der Waals surface area contributed by atoms with Crippen LogP contribution in [0.1, 0.15) is 19.3 Å². The zero-order valence-corrected chi connectivity index (χ0v) is 18.7. The fourth-order valence-corrected chi connectivity index (χ4v) is 5.61. The average Bonchev–Trinajstić information content (AvgIpc) is 3.35. The van der Waals surface area contributed by atoms with Crippen LogP contribution in [-0.4, -0.2) is 52.5 Å². The fraction of sp³-hybridized carbons (Fsp3) is 0.458. The standard InChI is InChI=1S/C24H28FN7O/c1-33-21-13-20(9-10-26-21)30-14-16-3-4-17(15-30)22(16)27-23-28-24-31(11-2-12-32(24)29-23)19-7-5-18(25)6-8-19/h5-10,13,16-17,22H,2-4,11-12,14-15H2,1H3,(H,27,29)/t16-,17+,22-. The maximum absolute atomic E-state index is 13.4. The molecular formula is C24H28FN7O. The van der Waals surface area contributed by atoms with Crippen molar-refractivity contribution < 1.29 is 9.13 Å². The molecule has 33 heavy (non-hydrogen) atoms. The average molecular weight is 450 g/mol. The fourth-order valence-electron chi connectivity index (χ4n) is 5.61. The summed E-state index contributed by atoms with van der Waals surface area (Å²) in [4.78, 5) is 13.7. The van der Waals surface area contributed by atoms with Gasteiger partial charge in [-0.3, -0.25) is 0 Å². The first-order valence-electron chi connectivity index (χ1n) is 11.7. The molecule has 1 N–H and O–H groups in total. The molecule has 1 saturated carbocycles. The number of fused-ring (bicyclic) bond motifs is 3. The minimum Gasteiger partial charge on any atom is -0.481 e. The molecule has 6 rings (SSSR count). The number of hydrogen-bond donors (Lipinski definition) is 1. The third-order valence-electron chi connectivity index (χ3n) is 7.21. The Morgan fingerprint density at radius 2 is 1.82 bits per heavy atom. The van der Waals surface area contributed by atoms with Gasteiger partial charge in [-0.2, -0.15) is 4.98 Å². The van der Waals surface area contributed by atoms with Gasteiger partial charge in [0.05, 0.1) is 7.11 Å². The van der Waals surface area contributed by atoms with E-state index in [1.54, 1.807) is 19.2 Å². The first kappa shape index (κ1) is 20.3. The highest BCUT2D eigenvalue weighted by Gasteiger charge is 2.43. The molecule has 1 aliphatic carbocycles. The Labute approximate surface area is 192 Å². The molecule has 172 valence electrons. The molecule has 0 amide bonds. The largest absolute Gasteiger partial charge is 0.481 e. The predicted molar refractivity (Wildman–Crippen MR) is 125 cm³/mol. The van der Waals surface area contributed by atoms with Gasteiger partial charge < -0.3 is 19.9 Å². The summed E-state index contributed by atoms with van der Waals surface area (Å²) in [5, 5.41) is 8.46. The number of anilines is 4. The molecule has 2 aromatic heterocycles. The van der Waals surface area contributed by atoms with Crippen LogP contribution in [0.4, 0.5) is 27.7 Å². The van der Waals surface area contributed by atoms with Crippen molar-refractivity contribution in [3.63, 3.8) is 0 Å². The van der Waals surface area contributed by atoms with Gasteiger partial charge in [-0.25, -0.2) is 14.1 Å². The molecular weight excluding hydrogens is 421 g/mol. The van der Waals surface area contributed by atoms with Crippen molar-refractivity contribution in [3.05, 3.63) is 48.4 Å². The number of halogens is 1. The van der Waals surface area contributed by atoms with Crippen molar-refractivity contribution in [1.82, 2.24) is 19.7 Å². The number of ether oxygens (including phenoxy) is 1. The van der Waals surface area contributed by atoms with E-state index in [1.807, 2.05) is 16.9 Å². The summed E-state index contributed by atoms with van der Waals surface area (Å²) in [6, 6.07) is 11.0. The maximum Gasteiger partial charge on any atom is 0.244 e. The van der Waals surface area contributed by atoms with Crippen molar-refractivity contribution in [1.29, 1.82) is 0 Å². The van der Waals surface area contributed by atoms with Crippen LogP contribution in [0.25, 0.3) is 0 Å². The zero-order chi connectivity index (χ0) is 22.4. The topological polar surface area (TPSA) is 71.3 Å². The van der Waals surface area contributed by atoms with E-state index in [9.17, 15) is 4.39 Å². The second kappa shape index (κ2) is 8.20. The minimum atomic E-state index is -0.230. The van der Waals surface area contributed by atoms with E-state index in [-0.39, 0.29) is 5.82 Å². The van der Waals surface area contributed by atoms with Crippen molar-refractivity contribution in [2.24, 2.45) is 11.8 Å². The van der Waals surface area contributed by atoms with E-state index in [0.29, 0.717) is 29.7 Å². The van der Waals surface area contributed by atoms with Crippen LogP contribution < -0.4 is 19.9 Å². The Morgan fingerprint density at radius 1 is 1.03 bits per heavy atom. The SMILES string of the molecule is COc1cc(N2C[C@H]3CC[C@@H](C2)[C@@H]3Nc2nc3n(n2)CCCN3c2ccc(F)cc2)ccn1. The van der Waals surface area contributed by atoms with E-state index >= 15 is 0 Å². The minimum absolute atomic E-state index is 0.230. The highest BCUT2D eigenvalue weighted by molar-refractivity contribution is 5.59. The van der Waals surface area contributed by atoms with Gasteiger partial charge >= 0.3 is 0 Å². The summed E-state index contributed by atoms with van der Waals surface area (Å²) in [7, 11) is 1.65. The van der Waals surface area contributed by atoms with Gasteiger partial charge in [-0.1, -0.05) is 0 Å². The molecule has 3 aliphatic rings. The van der Waals surface area contributed by atoms with Crippen LogP contribution >= 0.6 is 0 Å². The quantitative estimate of drug-likeness (QED) is 0.637. The summed E-state index contributed by atoms with van der Waals surface area (Å²) >= 11 is 0. The van der Waals surface area contributed by atoms with E-state index in [2.05, 4.69) is 26.2 Å². The lowest BCUT2D eigenvalue weighted by Crippen LogP contribution is -2.48. The van der Waals surface area contributed by atoms with E-state index < -0.39 is 0 Å². The number of nitrogens with zero attached hydrogens (tertiary/aromatic N) is 6. The molecule has 0 radical (unpaired) electrons. The highest BCUT2D eigenvalue weighted by Crippen LogP contribution is 2.40. The molecule has 1 aromatic carbocycles. The number of piperidine rings is 1. The van der Waals surface area contributed by atoms with Gasteiger partial charge in [0.2, 0.25) is 17.8 Å². The second-order valence-corrected chi connectivity index (χ2v) is 9.17. The Bertz CT molecular complexity index is 1120. The number of benzene rings is 1. The first-order valence-corrected chi connectivity index (χ1v) is 11.7. The molecule has 9 heteroatoms. The summed E-state index contributed by atoms with van der Waals surface area (Å²) < 4.78 is 20.7. The number of hydrogen-bond acceptors (Lipinski definition) is 7. The molecule has 0 unspecified atom stereocenters. The number of aromatic nitrogens is 4. The Morgan fingerprint density at radius 3 is 2.58 bits per heavy atom. The number of pyridine rings is 1. The van der Waals surface area contributed by atoms with Gasteiger partial charge in [0.15, 0.2) is 0 Å². The van der Waals surface area contributed by atoms with E-state index in [0.717, 1.165) is 44.2 Å². The summed E-state index contributed by atoms with van der Waals surface area (Å²) in [6.45, 7) is 3.69. The number of rotatable bonds is 5. The summed E-state index contributed by atoms with van der Waals surface area (Å²) in [6.07, 6.45) is 5.20. The third kappa shape index (κ3) is 3.75. The first-order chi connectivity index (χ1) is 16.2. The Kier molecular flexibility index (Phi) is 5.04.